The Labute approximate surface area is 174 Å². The molecule has 1 aliphatic rings. The smallest absolute Gasteiger partial charge is 0.292 e. The van der Waals surface area contributed by atoms with Crippen LogP contribution < -0.4 is 5.32 Å². The van der Waals surface area contributed by atoms with Crippen LogP contribution in [0, 0.1) is 0 Å². The van der Waals surface area contributed by atoms with E-state index in [-0.39, 0.29) is 11.9 Å². The number of aromatic nitrogens is 1. The van der Waals surface area contributed by atoms with Crippen molar-refractivity contribution in [3.05, 3.63) is 58.3 Å². The van der Waals surface area contributed by atoms with Gasteiger partial charge in [-0.2, -0.15) is 0 Å². The Kier molecular flexibility index (Phi) is 10.7. The molecule has 0 fully saturated rings. The van der Waals surface area contributed by atoms with E-state index >= 15 is 0 Å². The van der Waals surface area contributed by atoms with Gasteiger partial charge in [0.25, 0.3) is 6.47 Å². The van der Waals surface area contributed by atoms with Crippen molar-refractivity contribution >= 4 is 39.7 Å². The summed E-state index contributed by atoms with van der Waals surface area (Å²) < 4.78 is 4.80. The number of benzodiazepines with no additional fused rings is 1. The molecule has 1 N–H and O–H groups in total. The standard InChI is InChI=1S/C17H16BrN3O.C2H4O2.C2H6/c1-2-5-15-17(22)21-13-8-7-11(18)10-12(13)16(20-15)14-6-3-4-9-19-14;1-4-2-3;1-2/h3-4,6-10,15H,2,5H2,1H3,(H,21,22);2H,1H3;1-2H3/t15-;;/m0../s1. The molecule has 1 aromatic carbocycles. The van der Waals surface area contributed by atoms with Crippen LogP contribution in [0.1, 0.15) is 44.9 Å². The molecule has 0 radical (unpaired) electrons. The van der Waals surface area contributed by atoms with E-state index in [4.69, 9.17) is 9.79 Å². The van der Waals surface area contributed by atoms with Crippen molar-refractivity contribution in [3.63, 3.8) is 0 Å². The van der Waals surface area contributed by atoms with Crippen molar-refractivity contribution in [2.75, 3.05) is 12.4 Å². The summed E-state index contributed by atoms with van der Waals surface area (Å²) in [6.07, 6.45) is 3.36. The minimum atomic E-state index is -0.381. The van der Waals surface area contributed by atoms with Crippen LogP contribution in [0.4, 0.5) is 5.69 Å². The first-order valence-corrected chi connectivity index (χ1v) is 9.96. The van der Waals surface area contributed by atoms with Gasteiger partial charge in [-0.1, -0.05) is 49.2 Å². The zero-order chi connectivity index (χ0) is 20.9. The number of benzene rings is 1. The molecule has 0 aliphatic carbocycles. The summed E-state index contributed by atoms with van der Waals surface area (Å²) in [4.78, 5) is 30.5. The average Bonchev–Trinajstić information content (AvgIpc) is 2.87. The van der Waals surface area contributed by atoms with E-state index in [1.807, 2.05) is 50.2 Å². The predicted molar refractivity (Wildman–Crippen MR) is 116 cm³/mol. The van der Waals surface area contributed by atoms with E-state index < -0.39 is 0 Å². The number of anilines is 1. The van der Waals surface area contributed by atoms with Crippen molar-refractivity contribution in [1.29, 1.82) is 0 Å². The fourth-order valence-electron chi connectivity index (χ4n) is 2.50. The molecule has 2 aromatic rings. The number of carbonyl (C=O) groups is 2. The van der Waals surface area contributed by atoms with Gasteiger partial charge < -0.3 is 10.1 Å². The molecular formula is C21H26BrN3O3. The van der Waals surface area contributed by atoms with Gasteiger partial charge in [0.2, 0.25) is 5.91 Å². The Bertz CT molecular complexity index is 795. The van der Waals surface area contributed by atoms with Crippen LogP contribution in [0.5, 0.6) is 0 Å². The maximum atomic E-state index is 12.4. The average molecular weight is 448 g/mol. The van der Waals surface area contributed by atoms with E-state index in [0.717, 1.165) is 40.0 Å². The fourth-order valence-corrected chi connectivity index (χ4v) is 2.86. The van der Waals surface area contributed by atoms with Gasteiger partial charge in [0.05, 0.1) is 24.2 Å². The summed E-state index contributed by atoms with van der Waals surface area (Å²) in [6.45, 7) is 6.43. The van der Waals surface area contributed by atoms with Crippen molar-refractivity contribution in [1.82, 2.24) is 4.98 Å². The predicted octanol–water partition coefficient (Wildman–Crippen LogP) is 4.62. The van der Waals surface area contributed by atoms with Crippen LogP contribution in [0.3, 0.4) is 0 Å². The number of halogens is 1. The van der Waals surface area contributed by atoms with Gasteiger partial charge in [0.1, 0.15) is 6.04 Å². The molecule has 1 aliphatic heterocycles. The highest BCUT2D eigenvalue weighted by Crippen LogP contribution is 2.27. The maximum absolute atomic E-state index is 12.4. The topological polar surface area (TPSA) is 80.7 Å². The van der Waals surface area contributed by atoms with Crippen molar-refractivity contribution in [2.45, 2.75) is 39.7 Å². The summed E-state index contributed by atoms with van der Waals surface area (Å²) in [5.74, 6) is -0.0589. The molecule has 150 valence electrons. The maximum Gasteiger partial charge on any atom is 0.292 e. The lowest BCUT2D eigenvalue weighted by Crippen LogP contribution is -2.25. The molecule has 0 saturated carbocycles. The third-order valence-electron chi connectivity index (χ3n) is 3.65. The molecule has 7 heteroatoms. The fraction of sp³-hybridized carbons (Fsp3) is 0.333. The Morgan fingerprint density at radius 2 is 1.96 bits per heavy atom. The molecule has 2 heterocycles. The second-order valence-corrected chi connectivity index (χ2v) is 6.42. The minimum Gasteiger partial charge on any atom is -0.471 e. The Hall–Kier alpha value is -2.54. The number of nitrogens with one attached hydrogen (secondary N) is 1. The summed E-state index contributed by atoms with van der Waals surface area (Å²) >= 11 is 3.49. The Morgan fingerprint density at radius 1 is 1.25 bits per heavy atom. The number of pyridine rings is 1. The summed E-state index contributed by atoms with van der Waals surface area (Å²) in [5.41, 5.74) is 3.20. The zero-order valence-corrected chi connectivity index (χ0v) is 18.2. The number of rotatable bonds is 4. The van der Waals surface area contributed by atoms with Crippen LogP contribution in [0.25, 0.3) is 0 Å². The van der Waals surface area contributed by atoms with Gasteiger partial charge in [-0.15, -0.1) is 0 Å². The van der Waals surface area contributed by atoms with Gasteiger partial charge in [-0.25, -0.2) is 0 Å². The number of hydrogen-bond donors (Lipinski definition) is 1. The first-order valence-electron chi connectivity index (χ1n) is 9.17. The largest absolute Gasteiger partial charge is 0.471 e. The van der Waals surface area contributed by atoms with Gasteiger partial charge in [-0.3, -0.25) is 19.6 Å². The third-order valence-corrected chi connectivity index (χ3v) is 4.14. The lowest BCUT2D eigenvalue weighted by molar-refractivity contribution is -0.126. The summed E-state index contributed by atoms with van der Waals surface area (Å²) in [6, 6.07) is 11.1. The van der Waals surface area contributed by atoms with Crippen molar-refractivity contribution in [3.8, 4) is 0 Å². The molecule has 0 spiro atoms. The Morgan fingerprint density at radius 3 is 2.54 bits per heavy atom. The molecule has 6 nitrogen and oxygen atoms in total. The molecule has 3 rings (SSSR count). The van der Waals surface area contributed by atoms with Crippen LogP contribution in [-0.4, -0.2) is 36.2 Å². The summed E-state index contributed by atoms with van der Waals surface area (Å²) in [5, 5.41) is 2.98. The molecule has 1 atom stereocenters. The number of aliphatic imine (C=N–C) groups is 1. The highest BCUT2D eigenvalue weighted by Gasteiger charge is 2.25. The van der Waals surface area contributed by atoms with Crippen LogP contribution in [-0.2, 0) is 14.3 Å². The van der Waals surface area contributed by atoms with E-state index in [9.17, 15) is 4.79 Å². The van der Waals surface area contributed by atoms with Crippen LogP contribution in [0.15, 0.2) is 52.1 Å². The Balaban J connectivity index is 0.000000583. The quantitative estimate of drug-likeness (QED) is 0.693. The number of methoxy groups -OCH3 is 1. The van der Waals surface area contributed by atoms with Gasteiger partial charge in [0, 0.05) is 16.2 Å². The molecule has 1 amide bonds. The number of hydrogen-bond acceptors (Lipinski definition) is 5. The number of ether oxygens (including phenoxy) is 1. The van der Waals surface area contributed by atoms with E-state index in [0.29, 0.717) is 6.47 Å². The number of fused-ring (bicyclic) bond motifs is 1. The molecule has 28 heavy (non-hydrogen) atoms. The number of nitrogens with zero attached hydrogens (tertiary/aromatic N) is 2. The van der Waals surface area contributed by atoms with Gasteiger partial charge >= 0.3 is 0 Å². The monoisotopic (exact) mass is 447 g/mol. The van der Waals surface area contributed by atoms with Gasteiger partial charge in [0.15, 0.2) is 0 Å². The van der Waals surface area contributed by atoms with Crippen LogP contribution >= 0.6 is 15.9 Å². The first kappa shape index (κ1) is 23.5. The highest BCUT2D eigenvalue weighted by molar-refractivity contribution is 9.10. The SMILES string of the molecule is CC.CCC[C@@H]1N=C(c2ccccn2)c2cc(Br)ccc2NC1=O.COC=O. The molecule has 0 saturated heterocycles. The number of carbonyl (C=O) groups excluding carboxylic acids is 2. The molecule has 0 bridgehead atoms. The van der Waals surface area contributed by atoms with Gasteiger partial charge in [-0.05, 0) is 36.8 Å². The third kappa shape index (κ3) is 6.56. The second kappa shape index (κ2) is 12.8. The second-order valence-electron chi connectivity index (χ2n) is 5.51. The normalized spacial score (nSPS) is 14.5. The number of amides is 1. The summed E-state index contributed by atoms with van der Waals surface area (Å²) in [7, 11) is 1.31. The van der Waals surface area contributed by atoms with Crippen LogP contribution in [0.2, 0.25) is 0 Å². The lowest BCUT2D eigenvalue weighted by atomic mass is 10.0. The van der Waals surface area contributed by atoms with Crippen molar-refractivity contribution in [2.24, 2.45) is 4.99 Å². The molecular weight excluding hydrogens is 422 g/mol. The lowest BCUT2D eigenvalue weighted by Gasteiger charge is -2.09. The highest BCUT2D eigenvalue weighted by atomic mass is 79.9. The van der Waals surface area contributed by atoms with Crippen molar-refractivity contribution < 1.29 is 14.3 Å². The zero-order valence-electron chi connectivity index (χ0n) is 16.6. The first-order chi connectivity index (χ1) is 13.6. The minimum absolute atomic E-state index is 0.0589. The molecule has 1 aromatic heterocycles. The van der Waals surface area contributed by atoms with E-state index in [1.54, 1.807) is 6.20 Å². The molecule has 0 unspecified atom stereocenters. The van der Waals surface area contributed by atoms with E-state index in [2.05, 4.69) is 37.9 Å². The van der Waals surface area contributed by atoms with E-state index in [1.165, 1.54) is 7.11 Å².